The van der Waals surface area contributed by atoms with Crippen molar-refractivity contribution in [1.82, 2.24) is 29.9 Å². The molecular formula is C31H35N7O5S. The average Bonchev–Trinajstić information content (AvgIpc) is 3.77. The number of aliphatic hydroxyl groups is 1. The van der Waals surface area contributed by atoms with Gasteiger partial charge in [0.1, 0.15) is 6.61 Å². The fraction of sp³-hybridized carbons (Fsp3) is 0.484. The fourth-order valence-corrected chi connectivity index (χ4v) is 7.39. The Balaban J connectivity index is 0.908. The number of hydrogen-bond acceptors (Lipinski definition) is 11. The minimum atomic E-state index is -0.401. The summed E-state index contributed by atoms with van der Waals surface area (Å²) in [6, 6.07) is 8.09. The summed E-state index contributed by atoms with van der Waals surface area (Å²) in [6.45, 7) is 4.42. The van der Waals surface area contributed by atoms with E-state index in [-0.39, 0.29) is 42.2 Å². The van der Waals surface area contributed by atoms with Crippen molar-refractivity contribution in [3.63, 3.8) is 0 Å². The number of benzene rings is 1. The van der Waals surface area contributed by atoms with E-state index in [0.29, 0.717) is 30.1 Å². The van der Waals surface area contributed by atoms with Gasteiger partial charge in [0.15, 0.2) is 11.0 Å². The second kappa shape index (κ2) is 12.3. The Morgan fingerprint density at radius 1 is 1.14 bits per heavy atom. The molecule has 3 atom stereocenters. The van der Waals surface area contributed by atoms with Crippen LogP contribution in [0.2, 0.25) is 0 Å². The van der Waals surface area contributed by atoms with Crippen molar-refractivity contribution in [1.29, 1.82) is 0 Å². The molecule has 230 valence electrons. The number of thiazole rings is 1. The Hall–Kier alpha value is -3.78. The van der Waals surface area contributed by atoms with Crippen molar-refractivity contribution < 1.29 is 24.0 Å². The molecule has 0 spiro atoms. The SMILES string of the molecule is C[C@H]1CN(C(=O)c2ccno2)CCN1C1CC(C(=O)Nc2nc3ccc(-c4cnc(CO[C@H]5CCC[C@@H]5O)nc4)cc3s2)C1. The van der Waals surface area contributed by atoms with Gasteiger partial charge in [-0.1, -0.05) is 22.6 Å². The Morgan fingerprint density at radius 3 is 2.70 bits per heavy atom. The van der Waals surface area contributed by atoms with E-state index in [0.717, 1.165) is 60.0 Å². The maximum absolute atomic E-state index is 13.1. The number of aliphatic hydroxyl groups excluding tert-OH is 1. The van der Waals surface area contributed by atoms with Crippen LogP contribution in [0, 0.1) is 5.92 Å². The van der Waals surface area contributed by atoms with Crippen LogP contribution in [0.1, 0.15) is 55.4 Å². The van der Waals surface area contributed by atoms with Crippen LogP contribution in [0.4, 0.5) is 5.13 Å². The number of rotatable bonds is 8. The third-order valence-corrected chi connectivity index (χ3v) is 10.0. The Labute approximate surface area is 258 Å². The Bertz CT molecular complexity index is 1620. The second-order valence-corrected chi connectivity index (χ2v) is 13.0. The molecule has 2 saturated carbocycles. The highest BCUT2D eigenvalue weighted by Gasteiger charge is 2.42. The van der Waals surface area contributed by atoms with E-state index in [9.17, 15) is 14.7 Å². The number of anilines is 1. The number of carbonyl (C=O) groups is 2. The third kappa shape index (κ3) is 5.96. The van der Waals surface area contributed by atoms with Crippen molar-refractivity contribution >= 4 is 38.5 Å². The van der Waals surface area contributed by atoms with Gasteiger partial charge in [-0.2, -0.15) is 0 Å². The smallest absolute Gasteiger partial charge is 0.292 e. The molecule has 3 aromatic heterocycles. The summed E-state index contributed by atoms with van der Waals surface area (Å²) in [6.07, 6.45) is 8.73. The molecule has 13 heteroatoms. The molecule has 3 aliphatic rings. The zero-order valence-electron chi connectivity index (χ0n) is 24.5. The van der Waals surface area contributed by atoms with E-state index in [1.165, 1.54) is 17.5 Å². The van der Waals surface area contributed by atoms with Crippen molar-refractivity contribution in [3.05, 3.63) is 54.4 Å². The van der Waals surface area contributed by atoms with Crippen LogP contribution >= 0.6 is 11.3 Å². The molecule has 4 aromatic rings. The van der Waals surface area contributed by atoms with Crippen molar-refractivity contribution in [2.45, 2.75) is 69.9 Å². The van der Waals surface area contributed by atoms with E-state index in [2.05, 4.69) is 37.2 Å². The maximum atomic E-state index is 13.1. The van der Waals surface area contributed by atoms with Gasteiger partial charge in [-0.3, -0.25) is 14.5 Å². The summed E-state index contributed by atoms with van der Waals surface area (Å²) >= 11 is 1.46. The lowest BCUT2D eigenvalue weighted by Crippen LogP contribution is -2.60. The fourth-order valence-electron chi connectivity index (χ4n) is 6.48. The molecule has 2 amide bonds. The average molecular weight is 618 g/mol. The molecule has 12 nitrogen and oxygen atoms in total. The van der Waals surface area contributed by atoms with Crippen LogP contribution in [-0.4, -0.2) is 90.8 Å². The molecule has 0 bridgehead atoms. The lowest BCUT2D eigenvalue weighted by atomic mass is 9.78. The number of carbonyl (C=O) groups excluding carboxylic acids is 2. The Morgan fingerprint density at radius 2 is 1.98 bits per heavy atom. The lowest BCUT2D eigenvalue weighted by molar-refractivity contribution is -0.125. The molecule has 1 aliphatic heterocycles. The number of nitrogens with zero attached hydrogens (tertiary/aromatic N) is 6. The van der Waals surface area contributed by atoms with Crippen LogP contribution < -0.4 is 5.32 Å². The molecule has 7 rings (SSSR count). The van der Waals surface area contributed by atoms with Gasteiger partial charge in [-0.15, -0.1) is 0 Å². The predicted octanol–water partition coefficient (Wildman–Crippen LogP) is 3.73. The highest BCUT2D eigenvalue weighted by Crippen LogP contribution is 2.36. The van der Waals surface area contributed by atoms with Crippen LogP contribution in [-0.2, 0) is 16.1 Å². The molecule has 3 fully saturated rings. The van der Waals surface area contributed by atoms with Gasteiger partial charge in [0, 0.05) is 61.7 Å². The van der Waals surface area contributed by atoms with E-state index < -0.39 is 6.10 Å². The largest absolute Gasteiger partial charge is 0.390 e. The molecule has 0 unspecified atom stereocenters. The van der Waals surface area contributed by atoms with Crippen LogP contribution in [0.5, 0.6) is 0 Å². The molecule has 44 heavy (non-hydrogen) atoms. The number of nitrogens with one attached hydrogen (secondary N) is 1. The number of amides is 2. The first-order valence-corrected chi connectivity index (χ1v) is 16.0. The zero-order chi connectivity index (χ0) is 30.2. The molecular weight excluding hydrogens is 582 g/mol. The first-order valence-electron chi connectivity index (χ1n) is 15.2. The first kappa shape index (κ1) is 29.0. The molecule has 1 aromatic carbocycles. The summed E-state index contributed by atoms with van der Waals surface area (Å²) in [7, 11) is 0. The Kier molecular flexibility index (Phi) is 8.10. The topological polar surface area (TPSA) is 147 Å². The minimum absolute atomic E-state index is 0.00338. The van der Waals surface area contributed by atoms with Crippen LogP contribution in [0.25, 0.3) is 21.3 Å². The van der Waals surface area contributed by atoms with Crippen molar-refractivity contribution in [2.75, 3.05) is 25.0 Å². The monoisotopic (exact) mass is 617 g/mol. The van der Waals surface area contributed by atoms with Gasteiger partial charge < -0.3 is 24.6 Å². The summed E-state index contributed by atoms with van der Waals surface area (Å²) in [4.78, 5) is 43.4. The maximum Gasteiger partial charge on any atom is 0.292 e. The number of aromatic nitrogens is 4. The van der Waals surface area contributed by atoms with E-state index >= 15 is 0 Å². The molecule has 0 radical (unpaired) electrons. The van der Waals surface area contributed by atoms with Gasteiger partial charge in [0.05, 0.1) is 28.6 Å². The van der Waals surface area contributed by atoms with Crippen molar-refractivity contribution in [2.24, 2.45) is 5.92 Å². The number of ether oxygens (including phenoxy) is 1. The molecule has 1 saturated heterocycles. The van der Waals surface area contributed by atoms with Gasteiger partial charge in [-0.25, -0.2) is 15.0 Å². The van der Waals surface area contributed by atoms with Gasteiger partial charge >= 0.3 is 0 Å². The summed E-state index contributed by atoms with van der Waals surface area (Å²) in [5.41, 5.74) is 2.68. The normalized spacial score (nSPS) is 25.7. The second-order valence-electron chi connectivity index (χ2n) is 12.0. The summed E-state index contributed by atoms with van der Waals surface area (Å²) < 4.78 is 11.8. The summed E-state index contributed by atoms with van der Waals surface area (Å²) in [5, 5.41) is 17.2. The standard InChI is InChI=1S/C31H35N7O5S/c1-18-16-37(30(41)26-7-8-34-43-26)9-10-38(18)22-11-20(12-22)29(40)36-31-35-23-6-5-19(13-27(23)44-31)21-14-32-28(33-15-21)17-42-25-4-2-3-24(25)39/h5-8,13-15,18,20,22,24-25,39H,2-4,9-12,16-17H2,1H3,(H,35,36,40)/t18-,20?,22?,24-,25-/m0/s1. The highest BCUT2D eigenvalue weighted by atomic mass is 32.1. The number of hydrogen-bond donors (Lipinski definition) is 2. The van der Waals surface area contributed by atoms with Gasteiger partial charge in [0.2, 0.25) is 11.7 Å². The van der Waals surface area contributed by atoms with Crippen LogP contribution in [0.15, 0.2) is 47.4 Å². The van der Waals surface area contributed by atoms with E-state index in [4.69, 9.17) is 9.26 Å². The summed E-state index contributed by atoms with van der Waals surface area (Å²) in [5.74, 6) is 0.674. The predicted molar refractivity (Wildman–Crippen MR) is 163 cm³/mol. The van der Waals surface area contributed by atoms with Gasteiger partial charge in [0.25, 0.3) is 5.91 Å². The lowest BCUT2D eigenvalue weighted by Gasteiger charge is -2.49. The molecule has 2 aliphatic carbocycles. The van der Waals surface area contributed by atoms with Gasteiger partial charge in [-0.05, 0) is 56.7 Å². The number of fused-ring (bicyclic) bond motifs is 1. The van der Waals surface area contributed by atoms with E-state index in [1.807, 2.05) is 23.1 Å². The third-order valence-electron chi connectivity index (χ3n) is 9.07. The van der Waals surface area contributed by atoms with Crippen molar-refractivity contribution in [3.8, 4) is 11.1 Å². The van der Waals surface area contributed by atoms with E-state index in [1.54, 1.807) is 18.5 Å². The van der Waals surface area contributed by atoms with Crippen LogP contribution in [0.3, 0.4) is 0 Å². The minimum Gasteiger partial charge on any atom is -0.390 e. The zero-order valence-corrected chi connectivity index (χ0v) is 25.3. The number of piperazine rings is 1. The molecule has 4 heterocycles. The highest BCUT2D eigenvalue weighted by molar-refractivity contribution is 7.22. The molecule has 2 N–H and O–H groups in total. The quantitative estimate of drug-likeness (QED) is 0.300. The first-order chi connectivity index (χ1) is 21.4.